The van der Waals surface area contributed by atoms with Gasteiger partial charge in [-0.1, -0.05) is 31.0 Å². The Labute approximate surface area is 330 Å². The van der Waals surface area contributed by atoms with E-state index < -0.39 is 22.9 Å². The zero-order valence-electron chi connectivity index (χ0n) is 32.9. The molecule has 57 heavy (non-hydrogen) atoms. The predicted molar refractivity (Wildman–Crippen MR) is 209 cm³/mol. The van der Waals surface area contributed by atoms with Crippen LogP contribution in [0, 0.1) is 6.92 Å². The van der Waals surface area contributed by atoms with Gasteiger partial charge in [0.2, 0.25) is 6.79 Å². The maximum Gasteiger partial charge on any atom is 0.417 e. The summed E-state index contributed by atoms with van der Waals surface area (Å²) in [6.45, 7) is 6.35. The molecule has 0 N–H and O–H groups in total. The molecule has 3 aromatic carbocycles. The van der Waals surface area contributed by atoms with Crippen molar-refractivity contribution in [3.8, 4) is 45.3 Å². The molecule has 1 aromatic heterocycles. The second-order valence-corrected chi connectivity index (χ2v) is 13.7. The molecule has 0 aliphatic carbocycles. The number of halogens is 3. The highest BCUT2D eigenvalue weighted by Gasteiger charge is 2.36. The van der Waals surface area contributed by atoms with E-state index in [1.54, 1.807) is 44.2 Å². The molecular formula is C44H50F3NO9. The van der Waals surface area contributed by atoms with E-state index in [0.717, 1.165) is 42.9 Å². The Morgan fingerprint density at radius 1 is 0.754 bits per heavy atom. The lowest BCUT2D eigenvalue weighted by Crippen LogP contribution is -2.25. The summed E-state index contributed by atoms with van der Waals surface area (Å²) in [6, 6.07) is 16.9. The number of ether oxygens (including phenoxy) is 6. The number of carbonyl (C=O) groups excluding carboxylic acids is 2. The number of pyridine rings is 1. The minimum atomic E-state index is -4.76. The molecule has 0 atom stereocenters. The maximum atomic E-state index is 14.4. The van der Waals surface area contributed by atoms with Crippen molar-refractivity contribution in [2.75, 3.05) is 33.2 Å². The number of esters is 2. The number of nitrogens with zero attached hydrogens (tertiary/aromatic N) is 1. The smallest absolute Gasteiger partial charge is 0.417 e. The zero-order valence-corrected chi connectivity index (χ0v) is 32.9. The van der Waals surface area contributed by atoms with E-state index in [1.807, 2.05) is 18.2 Å². The Bertz CT molecular complexity index is 2080. The normalized spacial score (nSPS) is 12.1. The summed E-state index contributed by atoms with van der Waals surface area (Å²) < 4.78 is 77.6. The van der Waals surface area contributed by atoms with Crippen molar-refractivity contribution in [1.82, 2.24) is 4.57 Å². The number of hydrogen-bond donors (Lipinski definition) is 0. The number of alkyl halides is 3. The highest BCUT2D eigenvalue weighted by molar-refractivity contribution is 5.78. The number of benzene rings is 3. The average molecular weight is 794 g/mol. The van der Waals surface area contributed by atoms with Gasteiger partial charge in [0.25, 0.3) is 5.56 Å². The van der Waals surface area contributed by atoms with Gasteiger partial charge in [-0.25, -0.2) is 0 Å². The van der Waals surface area contributed by atoms with Crippen LogP contribution in [0.1, 0.15) is 81.2 Å². The number of fused-ring (bicyclic) bond motifs is 1. The first kappa shape index (κ1) is 42.7. The van der Waals surface area contributed by atoms with Crippen molar-refractivity contribution in [1.29, 1.82) is 0 Å². The van der Waals surface area contributed by atoms with Gasteiger partial charge in [-0.3, -0.25) is 14.4 Å². The summed E-state index contributed by atoms with van der Waals surface area (Å²) >= 11 is 0. The van der Waals surface area contributed by atoms with Crippen molar-refractivity contribution in [2.45, 2.75) is 84.7 Å². The summed E-state index contributed by atoms with van der Waals surface area (Å²) in [5.41, 5.74) is 1.31. The van der Waals surface area contributed by atoms with Gasteiger partial charge >= 0.3 is 18.1 Å². The van der Waals surface area contributed by atoms with E-state index in [0.29, 0.717) is 79.8 Å². The van der Waals surface area contributed by atoms with Crippen LogP contribution in [0.5, 0.6) is 23.0 Å². The van der Waals surface area contributed by atoms with E-state index in [4.69, 9.17) is 28.4 Å². The Balaban J connectivity index is 1.25. The second-order valence-electron chi connectivity index (χ2n) is 13.7. The molecule has 0 saturated heterocycles. The molecule has 0 unspecified atom stereocenters. The molecule has 5 rings (SSSR count). The molecular weight excluding hydrogens is 743 g/mol. The Hall–Kier alpha value is -5.46. The third-order valence-electron chi connectivity index (χ3n) is 9.69. The van der Waals surface area contributed by atoms with Gasteiger partial charge in [-0.2, -0.15) is 13.2 Å². The Kier molecular flexibility index (Phi) is 15.1. The van der Waals surface area contributed by atoms with Crippen LogP contribution in [0.25, 0.3) is 22.3 Å². The molecule has 0 fully saturated rings. The fraction of sp³-hybridized carbons (Fsp3) is 0.432. The van der Waals surface area contributed by atoms with Gasteiger partial charge in [0, 0.05) is 25.6 Å². The molecule has 0 spiro atoms. The average Bonchev–Trinajstić information content (AvgIpc) is 3.66. The number of rotatable bonds is 20. The molecule has 4 aromatic rings. The van der Waals surface area contributed by atoms with Crippen molar-refractivity contribution in [3.63, 3.8) is 0 Å². The minimum absolute atomic E-state index is 0.0683. The molecule has 0 saturated carbocycles. The van der Waals surface area contributed by atoms with Crippen LogP contribution >= 0.6 is 0 Å². The molecule has 13 heteroatoms. The van der Waals surface area contributed by atoms with Crippen molar-refractivity contribution in [2.24, 2.45) is 7.05 Å². The largest absolute Gasteiger partial charge is 0.494 e. The van der Waals surface area contributed by atoms with Crippen LogP contribution in [-0.2, 0) is 45.1 Å². The molecule has 2 heterocycles. The molecule has 0 bridgehead atoms. The number of unbranched alkanes of at least 4 members (excludes halogenated alkanes) is 3. The number of hydrogen-bond acceptors (Lipinski definition) is 9. The molecule has 0 amide bonds. The summed E-state index contributed by atoms with van der Waals surface area (Å²) in [5.74, 6) is 1.55. The fourth-order valence-electron chi connectivity index (χ4n) is 6.71. The van der Waals surface area contributed by atoms with Gasteiger partial charge in [0.15, 0.2) is 11.5 Å². The number of aromatic nitrogens is 1. The summed E-state index contributed by atoms with van der Waals surface area (Å²) in [7, 11) is 1.45. The van der Waals surface area contributed by atoms with E-state index >= 15 is 0 Å². The van der Waals surface area contributed by atoms with Crippen LogP contribution in [0.15, 0.2) is 65.5 Å². The van der Waals surface area contributed by atoms with Gasteiger partial charge in [-0.05, 0) is 123 Å². The van der Waals surface area contributed by atoms with Crippen molar-refractivity contribution < 1.29 is 51.2 Å². The summed E-state index contributed by atoms with van der Waals surface area (Å²) in [5, 5.41) is 0. The minimum Gasteiger partial charge on any atom is -0.494 e. The van der Waals surface area contributed by atoms with E-state index in [9.17, 15) is 27.6 Å². The monoisotopic (exact) mass is 793 g/mol. The predicted octanol–water partition coefficient (Wildman–Crippen LogP) is 9.17. The topological polar surface area (TPSA) is 112 Å². The van der Waals surface area contributed by atoms with Gasteiger partial charge < -0.3 is 33.0 Å². The molecule has 1 aliphatic rings. The second kappa shape index (κ2) is 20.1. The highest BCUT2D eigenvalue weighted by Crippen LogP contribution is 2.41. The SMILES string of the molecule is CCOC(=O)CCCOc1cccc(CCCCCCOc2cc(-c3ccc4c(c3)OCO4)cc(-c3c(C(F)(F)F)cc(C)n(C)c3=O)c2)c1CCC(=O)OCC. The summed E-state index contributed by atoms with van der Waals surface area (Å²) in [4.78, 5) is 37.4. The maximum absolute atomic E-state index is 14.4. The zero-order chi connectivity index (χ0) is 41.0. The van der Waals surface area contributed by atoms with Gasteiger partial charge in [-0.15, -0.1) is 0 Å². The number of aryl methyl sites for hydroxylation is 2. The molecule has 0 radical (unpaired) electrons. The van der Waals surface area contributed by atoms with Crippen molar-refractivity contribution >= 4 is 11.9 Å². The lowest BCUT2D eigenvalue weighted by Gasteiger charge is -2.18. The lowest BCUT2D eigenvalue weighted by atomic mass is 9.95. The number of carbonyl (C=O) groups is 2. The van der Waals surface area contributed by atoms with Crippen LogP contribution in [0.3, 0.4) is 0 Å². The quantitative estimate of drug-likeness (QED) is 0.0639. The molecule has 10 nitrogen and oxygen atoms in total. The van der Waals surface area contributed by atoms with E-state index in [2.05, 4.69) is 0 Å². The van der Waals surface area contributed by atoms with Crippen LogP contribution in [-0.4, -0.2) is 49.7 Å². The summed E-state index contributed by atoms with van der Waals surface area (Å²) in [6.07, 6.45) is 0.687. The Morgan fingerprint density at radius 3 is 2.21 bits per heavy atom. The van der Waals surface area contributed by atoms with E-state index in [1.165, 1.54) is 24.6 Å². The first-order chi connectivity index (χ1) is 27.4. The first-order valence-corrected chi connectivity index (χ1v) is 19.4. The van der Waals surface area contributed by atoms with Gasteiger partial charge in [0.1, 0.15) is 11.5 Å². The first-order valence-electron chi connectivity index (χ1n) is 19.4. The standard InChI is InChI=1S/C44H50F3NO9/c1-5-52-40(49)16-12-22-55-37-15-11-14-30(35(37)18-20-41(50)53-6-2)13-9-7-8-10-21-54-34-25-32(31-17-19-38-39(27-31)57-28-56-38)24-33(26-34)42-36(44(45,46)47)23-29(3)48(4)43(42)51/h11,14-15,17,19,23-27H,5-10,12-13,16,18,20-22,28H2,1-4H3. The fourth-order valence-corrected chi connectivity index (χ4v) is 6.71. The van der Waals surface area contributed by atoms with Crippen LogP contribution < -0.4 is 24.5 Å². The highest BCUT2D eigenvalue weighted by atomic mass is 19.4. The molecule has 306 valence electrons. The third kappa shape index (κ3) is 11.5. The van der Waals surface area contributed by atoms with Crippen LogP contribution in [0.2, 0.25) is 0 Å². The van der Waals surface area contributed by atoms with Crippen LogP contribution in [0.4, 0.5) is 13.2 Å². The van der Waals surface area contributed by atoms with Crippen molar-refractivity contribution in [3.05, 3.63) is 93.4 Å². The molecule has 1 aliphatic heterocycles. The Morgan fingerprint density at radius 2 is 1.46 bits per heavy atom. The van der Waals surface area contributed by atoms with Gasteiger partial charge in [0.05, 0.1) is 37.6 Å². The van der Waals surface area contributed by atoms with E-state index in [-0.39, 0.29) is 42.8 Å². The third-order valence-corrected chi connectivity index (χ3v) is 9.69. The lowest BCUT2D eigenvalue weighted by molar-refractivity contribution is -0.144.